The Balaban J connectivity index is 2.84. The summed E-state index contributed by atoms with van der Waals surface area (Å²) in [6.07, 6.45) is 0.884. The highest BCUT2D eigenvalue weighted by atomic mass is 19.1. The molecule has 0 spiro atoms. The Morgan fingerprint density at radius 2 is 2.00 bits per heavy atom. The number of nitrogens with one attached hydrogen (secondary N) is 1. The third-order valence-corrected chi connectivity index (χ3v) is 3.21. The topological polar surface area (TPSA) is 21.3 Å². The summed E-state index contributed by atoms with van der Waals surface area (Å²) in [5.41, 5.74) is 0.507. The summed E-state index contributed by atoms with van der Waals surface area (Å²) in [7, 11) is 1.50. The summed E-state index contributed by atoms with van der Waals surface area (Å²) in [6.45, 7) is 9.22. The van der Waals surface area contributed by atoms with Gasteiger partial charge in [0.25, 0.3) is 0 Å². The molecule has 0 bridgehead atoms. The number of benzene rings is 1. The molecule has 102 valence electrons. The van der Waals surface area contributed by atoms with Gasteiger partial charge in [-0.1, -0.05) is 39.8 Å². The van der Waals surface area contributed by atoms with Crippen LogP contribution in [0.1, 0.15) is 39.7 Å². The summed E-state index contributed by atoms with van der Waals surface area (Å²) in [4.78, 5) is 0. The molecule has 0 saturated carbocycles. The van der Waals surface area contributed by atoms with Gasteiger partial charge in [0.05, 0.1) is 7.11 Å². The lowest BCUT2D eigenvalue weighted by atomic mass is 9.81. The fourth-order valence-electron chi connectivity index (χ4n) is 2.00. The lowest BCUT2D eigenvalue weighted by Crippen LogP contribution is -2.30. The van der Waals surface area contributed by atoms with Crippen LogP contribution in [0.25, 0.3) is 0 Å². The van der Waals surface area contributed by atoms with Crippen LogP contribution in [0.15, 0.2) is 18.2 Å². The molecule has 0 amide bonds. The predicted octanol–water partition coefficient (Wildman–Crippen LogP) is 3.50. The minimum Gasteiger partial charge on any atom is -0.494 e. The number of rotatable bonds is 6. The molecule has 18 heavy (non-hydrogen) atoms. The van der Waals surface area contributed by atoms with Crippen LogP contribution in [0.3, 0.4) is 0 Å². The molecule has 1 rings (SSSR count). The Morgan fingerprint density at radius 1 is 1.33 bits per heavy atom. The van der Waals surface area contributed by atoms with Crippen molar-refractivity contribution in [3.63, 3.8) is 0 Å². The molecule has 0 atom stereocenters. The highest BCUT2D eigenvalue weighted by molar-refractivity contribution is 5.35. The summed E-state index contributed by atoms with van der Waals surface area (Å²) in [5, 5.41) is 3.37. The first-order valence-electron chi connectivity index (χ1n) is 6.45. The van der Waals surface area contributed by atoms with Crippen LogP contribution in [0.4, 0.5) is 4.39 Å². The van der Waals surface area contributed by atoms with Crippen LogP contribution in [0, 0.1) is 5.82 Å². The van der Waals surface area contributed by atoms with Crippen molar-refractivity contribution in [3.05, 3.63) is 29.6 Å². The van der Waals surface area contributed by atoms with Crippen molar-refractivity contribution in [2.45, 2.75) is 45.6 Å². The van der Waals surface area contributed by atoms with Gasteiger partial charge in [0.2, 0.25) is 0 Å². The maximum atomic E-state index is 14.2. The third kappa shape index (κ3) is 3.70. The van der Waals surface area contributed by atoms with Crippen LogP contribution < -0.4 is 10.1 Å². The van der Waals surface area contributed by atoms with Crippen LogP contribution >= 0.6 is 0 Å². The van der Waals surface area contributed by atoms with E-state index in [9.17, 15) is 4.39 Å². The molecule has 0 heterocycles. The van der Waals surface area contributed by atoms with E-state index in [1.54, 1.807) is 6.07 Å². The van der Waals surface area contributed by atoms with Crippen molar-refractivity contribution >= 4 is 0 Å². The molecule has 1 aromatic rings. The molecule has 0 fully saturated rings. The van der Waals surface area contributed by atoms with E-state index in [2.05, 4.69) is 33.0 Å². The molecule has 3 heteroatoms. The average Bonchev–Trinajstić information content (AvgIpc) is 2.28. The molecule has 0 aliphatic carbocycles. The van der Waals surface area contributed by atoms with E-state index in [4.69, 9.17) is 4.74 Å². The highest BCUT2D eigenvalue weighted by Crippen LogP contribution is 2.32. The number of ether oxygens (including phenoxy) is 1. The molecule has 2 nitrogen and oxygen atoms in total. The van der Waals surface area contributed by atoms with Crippen LogP contribution in [-0.4, -0.2) is 19.7 Å². The van der Waals surface area contributed by atoms with E-state index in [0.29, 0.717) is 17.4 Å². The second-order valence-electron chi connectivity index (χ2n) is 5.56. The van der Waals surface area contributed by atoms with E-state index in [1.807, 2.05) is 12.1 Å². The van der Waals surface area contributed by atoms with Gasteiger partial charge in [-0.05, 0) is 30.0 Å². The fraction of sp³-hybridized carbons (Fsp3) is 0.600. The lowest BCUT2D eigenvalue weighted by Gasteiger charge is -2.27. The number of methoxy groups -OCH3 is 1. The number of hydrogen-bond acceptors (Lipinski definition) is 2. The van der Waals surface area contributed by atoms with E-state index in [-0.39, 0.29) is 11.2 Å². The number of hydrogen-bond donors (Lipinski definition) is 1. The summed E-state index contributed by atoms with van der Waals surface area (Å²) < 4.78 is 19.2. The van der Waals surface area contributed by atoms with Crippen molar-refractivity contribution in [3.8, 4) is 5.75 Å². The van der Waals surface area contributed by atoms with Crippen molar-refractivity contribution in [1.82, 2.24) is 5.32 Å². The van der Waals surface area contributed by atoms with Gasteiger partial charge in [-0.3, -0.25) is 0 Å². The van der Waals surface area contributed by atoms with E-state index >= 15 is 0 Å². The maximum Gasteiger partial charge on any atom is 0.168 e. The zero-order chi connectivity index (χ0) is 13.8. The Bertz CT molecular complexity index is 388. The third-order valence-electron chi connectivity index (χ3n) is 3.21. The Kier molecular flexibility index (Phi) is 5.15. The summed E-state index contributed by atoms with van der Waals surface area (Å²) in [5.74, 6) is 0.0759. The molecule has 0 aromatic heterocycles. The first-order chi connectivity index (χ1) is 8.38. The smallest absolute Gasteiger partial charge is 0.168 e. The second kappa shape index (κ2) is 6.19. The Labute approximate surface area is 110 Å². The molecular formula is C15H24FNO. The molecule has 1 aromatic carbocycles. The monoisotopic (exact) mass is 253 g/mol. The lowest BCUT2D eigenvalue weighted by molar-refractivity contribution is 0.369. The molecule has 0 aliphatic heterocycles. The number of halogens is 1. The minimum atomic E-state index is -0.241. The van der Waals surface area contributed by atoms with E-state index in [0.717, 1.165) is 13.0 Å². The van der Waals surface area contributed by atoms with Gasteiger partial charge in [-0.15, -0.1) is 0 Å². The van der Waals surface area contributed by atoms with Gasteiger partial charge >= 0.3 is 0 Å². The average molecular weight is 253 g/mol. The van der Waals surface area contributed by atoms with E-state index in [1.165, 1.54) is 7.11 Å². The fourth-order valence-corrected chi connectivity index (χ4v) is 2.00. The zero-order valence-electron chi connectivity index (χ0n) is 12.0. The van der Waals surface area contributed by atoms with Crippen LogP contribution in [0.5, 0.6) is 5.75 Å². The van der Waals surface area contributed by atoms with Gasteiger partial charge in [0, 0.05) is 6.04 Å². The minimum absolute atomic E-state index is 0.208. The van der Waals surface area contributed by atoms with Crippen molar-refractivity contribution in [1.29, 1.82) is 0 Å². The highest BCUT2D eigenvalue weighted by Gasteiger charge is 2.25. The summed E-state index contributed by atoms with van der Waals surface area (Å²) in [6, 6.07) is 5.79. The van der Waals surface area contributed by atoms with Gasteiger partial charge in [0.1, 0.15) is 0 Å². The summed E-state index contributed by atoms with van der Waals surface area (Å²) >= 11 is 0. The predicted molar refractivity (Wildman–Crippen MR) is 73.7 cm³/mol. The largest absolute Gasteiger partial charge is 0.494 e. The Morgan fingerprint density at radius 3 is 2.56 bits per heavy atom. The first kappa shape index (κ1) is 15.0. The van der Waals surface area contributed by atoms with Gasteiger partial charge in [0.15, 0.2) is 11.6 Å². The molecular weight excluding hydrogens is 229 g/mol. The van der Waals surface area contributed by atoms with Crippen molar-refractivity contribution in [2.75, 3.05) is 13.7 Å². The van der Waals surface area contributed by atoms with Crippen LogP contribution in [0.2, 0.25) is 0 Å². The van der Waals surface area contributed by atoms with Gasteiger partial charge in [-0.2, -0.15) is 0 Å². The maximum absolute atomic E-state index is 14.2. The van der Waals surface area contributed by atoms with E-state index < -0.39 is 0 Å². The SMILES string of the molecule is COc1cccc(C(C)(C)CCNC(C)C)c1F. The first-order valence-corrected chi connectivity index (χ1v) is 6.45. The van der Waals surface area contributed by atoms with Gasteiger partial charge < -0.3 is 10.1 Å². The standard InChI is InChI=1S/C15H24FNO/c1-11(2)17-10-9-15(3,4)12-7-6-8-13(18-5)14(12)16/h6-8,11,17H,9-10H2,1-5H3. The molecule has 1 N–H and O–H groups in total. The second-order valence-corrected chi connectivity index (χ2v) is 5.56. The van der Waals surface area contributed by atoms with Gasteiger partial charge in [-0.25, -0.2) is 4.39 Å². The van der Waals surface area contributed by atoms with Crippen molar-refractivity contribution in [2.24, 2.45) is 0 Å². The Hall–Kier alpha value is -1.09. The zero-order valence-corrected chi connectivity index (χ0v) is 12.0. The quantitative estimate of drug-likeness (QED) is 0.837. The molecule has 0 unspecified atom stereocenters. The molecule has 0 saturated heterocycles. The van der Waals surface area contributed by atoms with Crippen molar-refractivity contribution < 1.29 is 9.13 Å². The molecule has 0 radical (unpaired) electrons. The van der Waals surface area contributed by atoms with Crippen LogP contribution in [-0.2, 0) is 5.41 Å². The molecule has 0 aliphatic rings. The normalized spacial score (nSPS) is 11.9.